The molecule has 23 heavy (non-hydrogen) atoms. The maximum atomic E-state index is 11.7. The number of carboxylic acids is 1. The first-order valence-electron chi connectivity index (χ1n) is 7.36. The highest BCUT2D eigenvalue weighted by molar-refractivity contribution is 5.87. The lowest BCUT2D eigenvalue weighted by molar-refractivity contribution is 0.0697. The molecule has 7 heteroatoms. The normalized spacial score (nSPS) is 10.3. The Kier molecular flexibility index (Phi) is 5.74. The van der Waals surface area contributed by atoms with Crippen LogP contribution in [0.15, 0.2) is 36.7 Å². The summed E-state index contributed by atoms with van der Waals surface area (Å²) in [6.07, 6.45) is 5.49. The smallest absolute Gasteiger partial charge is 0.335 e. The predicted molar refractivity (Wildman–Crippen MR) is 85.2 cm³/mol. The van der Waals surface area contributed by atoms with Gasteiger partial charge in [-0.15, -0.1) is 0 Å². The molecule has 0 aliphatic rings. The molecule has 2 rings (SSSR count). The summed E-state index contributed by atoms with van der Waals surface area (Å²) in [6, 6.07) is 6.17. The Morgan fingerprint density at radius 1 is 1.17 bits per heavy atom. The van der Waals surface area contributed by atoms with Gasteiger partial charge < -0.3 is 15.7 Å². The van der Waals surface area contributed by atoms with Gasteiger partial charge in [0.1, 0.15) is 0 Å². The zero-order valence-electron chi connectivity index (χ0n) is 13.0. The second kappa shape index (κ2) is 7.98. The molecule has 7 nitrogen and oxygen atoms in total. The molecule has 0 bridgehead atoms. The van der Waals surface area contributed by atoms with E-state index >= 15 is 0 Å². The van der Waals surface area contributed by atoms with Crippen LogP contribution in [0.25, 0.3) is 0 Å². The van der Waals surface area contributed by atoms with Crippen LogP contribution in [-0.4, -0.2) is 33.4 Å². The third-order valence-electron chi connectivity index (χ3n) is 3.34. The van der Waals surface area contributed by atoms with E-state index in [1.807, 2.05) is 19.4 Å². The molecule has 1 aromatic carbocycles. The van der Waals surface area contributed by atoms with Crippen molar-refractivity contribution in [2.45, 2.75) is 19.4 Å². The van der Waals surface area contributed by atoms with E-state index in [4.69, 9.17) is 5.11 Å². The summed E-state index contributed by atoms with van der Waals surface area (Å²) in [6.45, 7) is 0.938. The van der Waals surface area contributed by atoms with E-state index in [0.717, 1.165) is 24.0 Å². The van der Waals surface area contributed by atoms with Crippen molar-refractivity contribution in [1.82, 2.24) is 20.4 Å². The van der Waals surface area contributed by atoms with Gasteiger partial charge in [0.2, 0.25) is 0 Å². The molecular formula is C16H20N4O3. The molecule has 0 fully saturated rings. The first-order chi connectivity index (χ1) is 11.0. The van der Waals surface area contributed by atoms with Crippen molar-refractivity contribution < 1.29 is 14.7 Å². The van der Waals surface area contributed by atoms with Crippen LogP contribution in [0.1, 0.15) is 27.9 Å². The van der Waals surface area contributed by atoms with Crippen molar-refractivity contribution in [2.75, 3.05) is 6.54 Å². The minimum Gasteiger partial charge on any atom is -0.478 e. The molecule has 0 saturated carbocycles. The van der Waals surface area contributed by atoms with E-state index in [-0.39, 0.29) is 11.6 Å². The Labute approximate surface area is 134 Å². The highest BCUT2D eigenvalue weighted by Gasteiger charge is 2.03. The molecule has 0 radical (unpaired) electrons. The van der Waals surface area contributed by atoms with Crippen LogP contribution in [0, 0.1) is 0 Å². The van der Waals surface area contributed by atoms with Crippen LogP contribution in [0.3, 0.4) is 0 Å². The number of aromatic carboxylic acids is 1. The second-order valence-electron chi connectivity index (χ2n) is 5.24. The summed E-state index contributed by atoms with van der Waals surface area (Å²) in [5, 5.41) is 18.4. The van der Waals surface area contributed by atoms with Gasteiger partial charge in [0.25, 0.3) is 0 Å². The number of aromatic nitrogens is 2. The lowest BCUT2D eigenvalue weighted by atomic mass is 10.1. The van der Waals surface area contributed by atoms with Crippen molar-refractivity contribution in [3.05, 3.63) is 53.3 Å². The van der Waals surface area contributed by atoms with Gasteiger partial charge in [0.15, 0.2) is 0 Å². The van der Waals surface area contributed by atoms with Crippen LogP contribution >= 0.6 is 0 Å². The van der Waals surface area contributed by atoms with Gasteiger partial charge in [-0.1, -0.05) is 12.1 Å². The zero-order chi connectivity index (χ0) is 16.7. The Balaban J connectivity index is 1.63. The van der Waals surface area contributed by atoms with E-state index in [1.54, 1.807) is 16.8 Å². The van der Waals surface area contributed by atoms with E-state index in [2.05, 4.69) is 15.7 Å². The summed E-state index contributed by atoms with van der Waals surface area (Å²) in [5.74, 6) is -0.962. The Hall–Kier alpha value is -2.83. The average Bonchev–Trinajstić information content (AvgIpc) is 2.95. The maximum Gasteiger partial charge on any atom is 0.335 e. The molecule has 0 aliphatic carbocycles. The fraction of sp³-hybridized carbons (Fsp3) is 0.312. The van der Waals surface area contributed by atoms with Gasteiger partial charge in [-0.05, 0) is 36.1 Å². The summed E-state index contributed by atoms with van der Waals surface area (Å²) >= 11 is 0. The molecule has 0 unspecified atom stereocenters. The number of hydrogen-bond acceptors (Lipinski definition) is 3. The number of carboxylic acid groups (broad SMARTS) is 1. The number of benzene rings is 1. The number of hydrogen-bond donors (Lipinski definition) is 3. The van der Waals surface area contributed by atoms with Crippen molar-refractivity contribution >= 4 is 12.0 Å². The lowest BCUT2D eigenvalue weighted by Gasteiger charge is -2.07. The van der Waals surface area contributed by atoms with Crippen molar-refractivity contribution in [2.24, 2.45) is 7.05 Å². The van der Waals surface area contributed by atoms with Gasteiger partial charge in [-0.25, -0.2) is 9.59 Å². The molecule has 0 spiro atoms. The zero-order valence-corrected chi connectivity index (χ0v) is 13.0. The molecule has 0 aliphatic heterocycles. The third kappa shape index (κ3) is 5.46. The molecule has 2 amide bonds. The lowest BCUT2D eigenvalue weighted by Crippen LogP contribution is -2.35. The van der Waals surface area contributed by atoms with Crippen LogP contribution < -0.4 is 10.6 Å². The summed E-state index contributed by atoms with van der Waals surface area (Å²) in [7, 11) is 1.87. The van der Waals surface area contributed by atoms with Crippen LogP contribution in [0.5, 0.6) is 0 Å². The largest absolute Gasteiger partial charge is 0.478 e. The summed E-state index contributed by atoms with van der Waals surface area (Å²) < 4.78 is 1.76. The van der Waals surface area contributed by atoms with E-state index in [0.29, 0.717) is 13.1 Å². The first kappa shape index (κ1) is 16.5. The number of carbonyl (C=O) groups is 2. The van der Waals surface area contributed by atoms with Crippen molar-refractivity contribution in [3.8, 4) is 0 Å². The Morgan fingerprint density at radius 3 is 2.52 bits per heavy atom. The van der Waals surface area contributed by atoms with Gasteiger partial charge in [0.05, 0.1) is 11.8 Å². The average molecular weight is 316 g/mol. The fourth-order valence-corrected chi connectivity index (χ4v) is 2.11. The number of urea groups is 1. The molecule has 0 atom stereocenters. The molecule has 0 saturated heterocycles. The highest BCUT2D eigenvalue weighted by Crippen LogP contribution is 2.04. The SMILES string of the molecule is Cn1cc(CCCNC(=O)NCc2ccc(C(=O)O)cc2)cn1. The number of amides is 2. The maximum absolute atomic E-state index is 11.7. The number of carbonyl (C=O) groups excluding carboxylic acids is 1. The Morgan fingerprint density at radius 2 is 1.91 bits per heavy atom. The summed E-state index contributed by atoms with van der Waals surface area (Å²) in [4.78, 5) is 22.4. The molecule has 1 aromatic heterocycles. The third-order valence-corrected chi connectivity index (χ3v) is 3.34. The monoisotopic (exact) mass is 316 g/mol. The van der Waals surface area contributed by atoms with Crippen LogP contribution in [-0.2, 0) is 20.0 Å². The quantitative estimate of drug-likeness (QED) is 0.675. The minimum atomic E-state index is -0.962. The summed E-state index contributed by atoms with van der Waals surface area (Å²) in [5.41, 5.74) is 2.22. The van der Waals surface area contributed by atoms with Crippen molar-refractivity contribution in [1.29, 1.82) is 0 Å². The number of nitrogens with one attached hydrogen (secondary N) is 2. The Bertz CT molecular complexity index is 664. The minimum absolute atomic E-state index is 0.230. The standard InChI is InChI=1S/C16H20N4O3/c1-20-11-13(10-19-20)3-2-8-17-16(23)18-9-12-4-6-14(7-5-12)15(21)22/h4-7,10-11H,2-3,8-9H2,1H3,(H,21,22)(H2,17,18,23). The number of aryl methyl sites for hydroxylation is 2. The van der Waals surface area contributed by atoms with E-state index in [1.165, 1.54) is 12.1 Å². The predicted octanol–water partition coefficient (Wildman–Crippen LogP) is 1.55. The molecule has 2 aromatic rings. The molecular weight excluding hydrogens is 296 g/mol. The molecule has 122 valence electrons. The van der Waals surface area contributed by atoms with Crippen molar-refractivity contribution in [3.63, 3.8) is 0 Å². The molecule has 3 N–H and O–H groups in total. The van der Waals surface area contributed by atoms with Gasteiger partial charge in [0, 0.05) is 26.3 Å². The highest BCUT2D eigenvalue weighted by atomic mass is 16.4. The van der Waals surface area contributed by atoms with E-state index < -0.39 is 5.97 Å². The van der Waals surface area contributed by atoms with Crippen LogP contribution in [0.4, 0.5) is 4.79 Å². The van der Waals surface area contributed by atoms with Gasteiger partial charge in [-0.2, -0.15) is 5.10 Å². The fourth-order valence-electron chi connectivity index (χ4n) is 2.11. The van der Waals surface area contributed by atoms with E-state index in [9.17, 15) is 9.59 Å². The first-order valence-corrected chi connectivity index (χ1v) is 7.36. The number of nitrogens with zero attached hydrogens (tertiary/aromatic N) is 2. The van der Waals surface area contributed by atoms with Gasteiger partial charge >= 0.3 is 12.0 Å². The van der Waals surface area contributed by atoms with Crippen LogP contribution in [0.2, 0.25) is 0 Å². The topological polar surface area (TPSA) is 96.2 Å². The second-order valence-corrected chi connectivity index (χ2v) is 5.24. The number of rotatable bonds is 7. The molecule has 1 heterocycles. The van der Waals surface area contributed by atoms with Gasteiger partial charge in [-0.3, -0.25) is 4.68 Å².